The van der Waals surface area contributed by atoms with Gasteiger partial charge in [-0.1, -0.05) is 23.9 Å². The fourth-order valence-electron chi connectivity index (χ4n) is 1.98. The lowest BCUT2D eigenvalue weighted by molar-refractivity contribution is -0.384. The number of hydrogen-bond donors (Lipinski definition) is 1. The molecular weight excluding hydrogens is 336 g/mol. The number of rotatable bonds is 2. The van der Waals surface area contributed by atoms with E-state index in [1.165, 1.54) is 17.8 Å². The number of nitro benzene ring substituents is 1. The van der Waals surface area contributed by atoms with Gasteiger partial charge in [0, 0.05) is 26.5 Å². The van der Waals surface area contributed by atoms with E-state index < -0.39 is 14.0 Å². The molecular formula is C12H7ClN2O4S2. The van der Waals surface area contributed by atoms with Crippen LogP contribution in [0.15, 0.2) is 51.1 Å². The maximum atomic E-state index is 11.5. The van der Waals surface area contributed by atoms with Gasteiger partial charge >= 0.3 is 0 Å². The molecule has 6 nitrogen and oxygen atoms in total. The Morgan fingerprint density at radius 2 is 1.90 bits per heavy atom. The third kappa shape index (κ3) is 2.57. The van der Waals surface area contributed by atoms with E-state index in [1.54, 1.807) is 12.1 Å². The summed E-state index contributed by atoms with van der Waals surface area (Å²) in [4.78, 5) is 11.6. The second kappa shape index (κ2) is 4.90. The van der Waals surface area contributed by atoms with Gasteiger partial charge in [-0.15, -0.1) is 0 Å². The molecule has 0 aromatic heterocycles. The van der Waals surface area contributed by atoms with E-state index in [4.69, 9.17) is 10.7 Å². The van der Waals surface area contributed by atoms with E-state index in [9.17, 15) is 18.5 Å². The Morgan fingerprint density at radius 3 is 2.57 bits per heavy atom. The summed E-state index contributed by atoms with van der Waals surface area (Å²) >= 11 is 1.25. The summed E-state index contributed by atoms with van der Waals surface area (Å²) in [6.45, 7) is 0. The van der Waals surface area contributed by atoms with Crippen LogP contribution in [0.1, 0.15) is 0 Å². The Hall–Kier alpha value is -1.77. The lowest BCUT2D eigenvalue weighted by atomic mass is 10.2. The molecule has 1 heterocycles. The SMILES string of the molecule is O=[N+]([O-])c1cc(S(=O)(=O)Cl)cc2c1Nc1ccccc1S2. The summed E-state index contributed by atoms with van der Waals surface area (Å²) in [5.74, 6) is 0. The molecule has 1 aliphatic rings. The molecule has 0 bridgehead atoms. The van der Waals surface area contributed by atoms with Crippen molar-refractivity contribution in [3.63, 3.8) is 0 Å². The Balaban J connectivity index is 2.23. The average molecular weight is 343 g/mol. The maximum Gasteiger partial charge on any atom is 0.295 e. The molecule has 2 aromatic carbocycles. The summed E-state index contributed by atoms with van der Waals surface area (Å²) in [7, 11) is 1.25. The van der Waals surface area contributed by atoms with Crippen molar-refractivity contribution in [2.75, 3.05) is 5.32 Å². The highest BCUT2D eigenvalue weighted by Gasteiger charge is 2.28. The van der Waals surface area contributed by atoms with Gasteiger partial charge in [-0.05, 0) is 18.2 Å². The predicted molar refractivity (Wildman–Crippen MR) is 80.0 cm³/mol. The van der Waals surface area contributed by atoms with Gasteiger partial charge in [0.15, 0.2) is 0 Å². The summed E-state index contributed by atoms with van der Waals surface area (Å²) in [6, 6.07) is 9.56. The molecule has 0 aliphatic carbocycles. The minimum atomic E-state index is -4.04. The molecule has 1 N–H and O–H groups in total. The second-order valence-electron chi connectivity index (χ2n) is 4.23. The molecule has 9 heteroatoms. The number of nitrogens with one attached hydrogen (secondary N) is 1. The summed E-state index contributed by atoms with van der Waals surface area (Å²) in [5.41, 5.74) is 0.682. The highest BCUT2D eigenvalue weighted by atomic mass is 35.7. The van der Waals surface area contributed by atoms with Gasteiger partial charge in [0.25, 0.3) is 14.7 Å². The van der Waals surface area contributed by atoms with Crippen molar-refractivity contribution in [2.45, 2.75) is 14.7 Å². The number of hydrogen-bond acceptors (Lipinski definition) is 6. The van der Waals surface area contributed by atoms with Crippen molar-refractivity contribution >= 4 is 48.6 Å². The molecule has 108 valence electrons. The van der Waals surface area contributed by atoms with Crippen molar-refractivity contribution in [2.24, 2.45) is 0 Å². The minimum Gasteiger partial charge on any atom is -0.348 e. The van der Waals surface area contributed by atoms with Crippen LogP contribution in [0, 0.1) is 10.1 Å². The van der Waals surface area contributed by atoms with Crippen molar-refractivity contribution in [3.8, 4) is 0 Å². The zero-order valence-corrected chi connectivity index (χ0v) is 12.6. The normalized spacial score (nSPS) is 13.0. The first-order valence-corrected chi connectivity index (χ1v) is 8.80. The number of benzene rings is 2. The molecule has 0 saturated heterocycles. The largest absolute Gasteiger partial charge is 0.348 e. The molecule has 2 aromatic rings. The first kappa shape index (κ1) is 14.2. The molecule has 0 atom stereocenters. The van der Waals surface area contributed by atoms with Gasteiger partial charge in [-0.3, -0.25) is 10.1 Å². The van der Waals surface area contributed by atoms with Crippen LogP contribution >= 0.6 is 22.4 Å². The van der Waals surface area contributed by atoms with Crippen LogP contribution in [-0.2, 0) is 9.05 Å². The molecule has 0 amide bonds. The van der Waals surface area contributed by atoms with Crippen molar-refractivity contribution in [1.29, 1.82) is 0 Å². The van der Waals surface area contributed by atoms with Gasteiger partial charge in [0.05, 0.1) is 15.5 Å². The summed E-state index contributed by atoms with van der Waals surface area (Å²) in [5, 5.41) is 14.2. The van der Waals surface area contributed by atoms with Crippen molar-refractivity contribution in [1.82, 2.24) is 0 Å². The van der Waals surface area contributed by atoms with Crippen LogP contribution in [0.5, 0.6) is 0 Å². The van der Waals surface area contributed by atoms with E-state index in [-0.39, 0.29) is 16.3 Å². The number of anilines is 2. The monoisotopic (exact) mass is 342 g/mol. The lowest BCUT2D eigenvalue weighted by Crippen LogP contribution is -2.05. The Bertz CT molecular complexity index is 868. The van der Waals surface area contributed by atoms with Gasteiger partial charge in [-0.25, -0.2) is 8.42 Å². The first-order chi connectivity index (χ1) is 9.86. The number of para-hydroxylation sites is 1. The second-order valence-corrected chi connectivity index (χ2v) is 7.88. The quantitative estimate of drug-likeness (QED) is 0.433. The van der Waals surface area contributed by atoms with Crippen molar-refractivity contribution in [3.05, 3.63) is 46.5 Å². The van der Waals surface area contributed by atoms with E-state index >= 15 is 0 Å². The van der Waals surface area contributed by atoms with Crippen LogP contribution in [0.2, 0.25) is 0 Å². The van der Waals surface area contributed by atoms with Crippen LogP contribution in [0.25, 0.3) is 0 Å². The van der Waals surface area contributed by atoms with Crippen molar-refractivity contribution < 1.29 is 13.3 Å². The topological polar surface area (TPSA) is 89.3 Å². The van der Waals surface area contributed by atoms with Crippen LogP contribution in [0.3, 0.4) is 0 Å². The molecule has 1 aliphatic heterocycles. The van der Waals surface area contributed by atoms with E-state index in [1.807, 2.05) is 12.1 Å². The number of nitrogens with zero attached hydrogens (tertiary/aromatic N) is 1. The zero-order chi connectivity index (χ0) is 15.2. The summed E-state index contributed by atoms with van der Waals surface area (Å²) < 4.78 is 22.9. The molecule has 21 heavy (non-hydrogen) atoms. The van der Waals surface area contributed by atoms with Gasteiger partial charge in [0.1, 0.15) is 5.69 Å². The lowest BCUT2D eigenvalue weighted by Gasteiger charge is -2.20. The smallest absolute Gasteiger partial charge is 0.295 e. The van der Waals surface area contributed by atoms with Gasteiger partial charge in [0.2, 0.25) is 0 Å². The van der Waals surface area contributed by atoms with Gasteiger partial charge in [-0.2, -0.15) is 0 Å². The first-order valence-electron chi connectivity index (χ1n) is 5.67. The maximum absolute atomic E-state index is 11.5. The third-order valence-electron chi connectivity index (χ3n) is 2.90. The average Bonchev–Trinajstić information content (AvgIpc) is 2.42. The van der Waals surface area contributed by atoms with Gasteiger partial charge < -0.3 is 5.32 Å². The number of nitro groups is 1. The highest BCUT2D eigenvalue weighted by Crippen LogP contribution is 2.48. The molecule has 3 rings (SSSR count). The fraction of sp³-hybridized carbons (Fsp3) is 0. The van der Waals surface area contributed by atoms with E-state index in [0.29, 0.717) is 4.90 Å². The zero-order valence-electron chi connectivity index (χ0n) is 10.2. The highest BCUT2D eigenvalue weighted by molar-refractivity contribution is 8.13. The van der Waals surface area contributed by atoms with E-state index in [0.717, 1.165) is 16.6 Å². The number of halogens is 1. The Morgan fingerprint density at radius 1 is 1.19 bits per heavy atom. The van der Waals surface area contributed by atoms with Crippen LogP contribution < -0.4 is 5.32 Å². The Kier molecular flexibility index (Phi) is 3.31. The van der Waals surface area contributed by atoms with Crippen LogP contribution in [0.4, 0.5) is 17.1 Å². The summed E-state index contributed by atoms with van der Waals surface area (Å²) in [6.07, 6.45) is 0. The minimum absolute atomic E-state index is 0.271. The molecule has 0 fully saturated rings. The number of fused-ring (bicyclic) bond motifs is 2. The Labute approximate surface area is 128 Å². The van der Waals surface area contributed by atoms with E-state index in [2.05, 4.69) is 5.32 Å². The standard InChI is InChI=1S/C12H7ClN2O4S2/c13-21(18,19)7-5-9(15(16)17)12-11(6-7)20-10-4-2-1-3-8(10)14-12/h1-6,14H. The molecule has 0 radical (unpaired) electrons. The molecule has 0 spiro atoms. The third-order valence-corrected chi connectivity index (χ3v) is 5.35. The fourth-order valence-corrected chi connectivity index (χ4v) is 3.89. The predicted octanol–water partition coefficient (Wildman–Crippen LogP) is 3.73. The van der Waals surface area contributed by atoms with Crippen LogP contribution in [-0.4, -0.2) is 13.3 Å². The molecule has 0 unspecified atom stereocenters. The molecule has 0 saturated carbocycles.